The molecule has 50 heavy (non-hydrogen) atoms. The van der Waals surface area contributed by atoms with Crippen molar-refractivity contribution in [1.82, 2.24) is 5.32 Å². The summed E-state index contributed by atoms with van der Waals surface area (Å²) >= 11 is 1.32. The van der Waals surface area contributed by atoms with Crippen LogP contribution in [0.15, 0.2) is 59.1 Å². The predicted molar refractivity (Wildman–Crippen MR) is 195 cm³/mol. The number of nitrogens with one attached hydrogen (secondary N) is 3. The Bertz CT molecular complexity index is 1510. The van der Waals surface area contributed by atoms with Gasteiger partial charge in [-0.3, -0.25) is 14.4 Å². The number of ether oxygens (including phenoxy) is 2. The monoisotopic (exact) mass is 709 g/mol. The molecule has 5 atom stereocenters. The van der Waals surface area contributed by atoms with Crippen LogP contribution in [0.5, 0.6) is 5.75 Å². The van der Waals surface area contributed by atoms with Gasteiger partial charge in [0.1, 0.15) is 17.9 Å². The predicted octanol–water partition coefficient (Wildman–Crippen LogP) is 5.73. The van der Waals surface area contributed by atoms with Crippen LogP contribution in [0, 0.1) is 11.8 Å². The first-order valence-electron chi connectivity index (χ1n) is 17.5. The van der Waals surface area contributed by atoms with Gasteiger partial charge < -0.3 is 35.6 Å². The summed E-state index contributed by atoms with van der Waals surface area (Å²) in [5.74, 6) is -1.70. The molecule has 3 amide bonds. The molecule has 1 aliphatic carbocycles. The van der Waals surface area contributed by atoms with Crippen molar-refractivity contribution in [3.05, 3.63) is 59.7 Å². The number of aliphatic hydroxyl groups is 1. The number of phenolic OH excluding ortho intramolecular Hbond substituents is 1. The van der Waals surface area contributed by atoms with Gasteiger partial charge >= 0.3 is 5.97 Å². The second kappa shape index (κ2) is 18.9. The van der Waals surface area contributed by atoms with Crippen molar-refractivity contribution in [3.63, 3.8) is 0 Å². The van der Waals surface area contributed by atoms with Gasteiger partial charge in [0.25, 0.3) is 0 Å². The number of hydrogen-bond acceptors (Lipinski definition) is 9. The van der Waals surface area contributed by atoms with Gasteiger partial charge in [-0.2, -0.15) is 0 Å². The minimum Gasteiger partial charge on any atom is -0.505 e. The summed E-state index contributed by atoms with van der Waals surface area (Å²) < 4.78 is 11.4. The molecule has 1 aromatic rings. The maximum absolute atomic E-state index is 13.2. The number of anilines is 2. The topological polar surface area (TPSA) is 163 Å². The summed E-state index contributed by atoms with van der Waals surface area (Å²) in [7, 11) is 1.50. The maximum atomic E-state index is 13.2. The number of hydrogen-bond donors (Lipinski definition) is 5. The van der Waals surface area contributed by atoms with Crippen molar-refractivity contribution in [3.8, 4) is 5.75 Å². The molecule has 0 aromatic heterocycles. The summed E-state index contributed by atoms with van der Waals surface area (Å²) in [5.41, 5.74) is 1.94. The highest BCUT2D eigenvalue weighted by molar-refractivity contribution is 8.00. The quantitative estimate of drug-likeness (QED) is 0.111. The van der Waals surface area contributed by atoms with Crippen molar-refractivity contribution >= 4 is 46.8 Å². The van der Waals surface area contributed by atoms with E-state index < -0.39 is 36.2 Å². The molecule has 1 fully saturated rings. The number of rotatable bonds is 5. The van der Waals surface area contributed by atoms with Crippen LogP contribution in [0.25, 0.3) is 0 Å². The van der Waals surface area contributed by atoms with Crippen molar-refractivity contribution in [2.45, 2.75) is 108 Å². The molecule has 2 bridgehead atoms. The zero-order valence-electron chi connectivity index (χ0n) is 29.4. The molecule has 5 N–H and O–H groups in total. The van der Waals surface area contributed by atoms with E-state index in [1.54, 1.807) is 44.2 Å². The molecule has 0 radical (unpaired) electrons. The van der Waals surface area contributed by atoms with Crippen molar-refractivity contribution in [2.75, 3.05) is 23.5 Å². The van der Waals surface area contributed by atoms with Gasteiger partial charge in [-0.25, -0.2) is 4.79 Å². The molecule has 0 spiro atoms. The number of carbonyl (C=O) groups is 4. The third-order valence-electron chi connectivity index (χ3n) is 9.46. The fraction of sp³-hybridized carbons (Fsp3) is 0.526. The molecular weight excluding hydrogens is 658 g/mol. The van der Waals surface area contributed by atoms with Gasteiger partial charge in [0.15, 0.2) is 0 Å². The Morgan fingerprint density at radius 2 is 1.76 bits per heavy atom. The van der Waals surface area contributed by atoms with Gasteiger partial charge in [0.2, 0.25) is 17.7 Å². The van der Waals surface area contributed by atoms with Gasteiger partial charge in [0, 0.05) is 35.8 Å². The summed E-state index contributed by atoms with van der Waals surface area (Å²) in [5, 5.41) is 31.2. The molecule has 2 heterocycles. The van der Waals surface area contributed by atoms with Crippen LogP contribution in [0.3, 0.4) is 0 Å². The van der Waals surface area contributed by atoms with Crippen LogP contribution in [-0.2, 0) is 35.1 Å². The molecule has 3 aliphatic rings. The fourth-order valence-corrected chi connectivity index (χ4v) is 7.39. The number of aromatic hydroxyl groups is 1. The number of esters is 1. The molecule has 4 rings (SSSR count). The maximum Gasteiger partial charge on any atom is 0.328 e. The fourth-order valence-electron chi connectivity index (χ4n) is 6.40. The van der Waals surface area contributed by atoms with Crippen molar-refractivity contribution in [1.29, 1.82) is 0 Å². The Kier molecular flexibility index (Phi) is 14.7. The number of methoxy groups -OCH3 is 1. The van der Waals surface area contributed by atoms with E-state index >= 15 is 0 Å². The van der Waals surface area contributed by atoms with Crippen LogP contribution in [0.4, 0.5) is 11.4 Å². The molecule has 11 nitrogen and oxygen atoms in total. The average molecular weight is 710 g/mol. The molecule has 0 saturated heterocycles. The second-order valence-electron chi connectivity index (χ2n) is 13.3. The Labute approximate surface area is 299 Å². The van der Waals surface area contributed by atoms with Crippen LogP contribution in [0.2, 0.25) is 0 Å². The smallest absolute Gasteiger partial charge is 0.328 e. The molecule has 1 saturated carbocycles. The highest BCUT2D eigenvalue weighted by atomic mass is 32.2. The van der Waals surface area contributed by atoms with E-state index in [2.05, 4.69) is 16.0 Å². The number of amides is 3. The highest BCUT2D eigenvalue weighted by Crippen LogP contribution is 2.44. The number of benzene rings is 1. The van der Waals surface area contributed by atoms with Crippen LogP contribution in [-0.4, -0.2) is 71.1 Å². The molecule has 272 valence electrons. The summed E-state index contributed by atoms with van der Waals surface area (Å²) in [6, 6.07) is 0.728. The van der Waals surface area contributed by atoms with E-state index in [4.69, 9.17) is 9.47 Å². The molecule has 12 heteroatoms. The van der Waals surface area contributed by atoms with Crippen molar-refractivity contribution in [2.24, 2.45) is 11.8 Å². The lowest BCUT2D eigenvalue weighted by Gasteiger charge is -2.29. The normalized spacial score (nSPS) is 24.9. The Balaban J connectivity index is 1.58. The molecule has 1 aromatic carbocycles. The van der Waals surface area contributed by atoms with Crippen molar-refractivity contribution < 1.29 is 38.9 Å². The summed E-state index contributed by atoms with van der Waals surface area (Å²) in [4.78, 5) is 52.0. The number of fused-ring (bicyclic) bond motifs is 4. The minimum atomic E-state index is -0.950. The Hall–Kier alpha value is -3.87. The number of aliphatic hydroxyl groups excluding tert-OH is 1. The summed E-state index contributed by atoms with van der Waals surface area (Å²) in [6.07, 6.45) is 16.4. The minimum absolute atomic E-state index is 0.00602. The van der Waals surface area contributed by atoms with E-state index in [1.165, 1.54) is 18.9 Å². The first-order chi connectivity index (χ1) is 24.0. The Morgan fingerprint density at radius 1 is 1.04 bits per heavy atom. The number of allylic oxidation sites excluding steroid dienone is 5. The molecule has 2 aliphatic heterocycles. The van der Waals surface area contributed by atoms with E-state index in [0.717, 1.165) is 37.0 Å². The van der Waals surface area contributed by atoms with Gasteiger partial charge in [0.05, 0.1) is 35.8 Å². The number of phenols is 1. The molecular formula is C38H51N3O8S. The van der Waals surface area contributed by atoms with E-state index in [1.807, 2.05) is 25.2 Å². The first-order valence-corrected chi connectivity index (χ1v) is 18.5. The lowest BCUT2D eigenvalue weighted by atomic mass is 9.88. The second-order valence-corrected chi connectivity index (χ2v) is 14.2. The largest absolute Gasteiger partial charge is 0.505 e. The third-order valence-corrected chi connectivity index (χ3v) is 10.6. The molecule has 0 unspecified atom stereocenters. The summed E-state index contributed by atoms with van der Waals surface area (Å²) in [6.45, 7) is 5.25. The highest BCUT2D eigenvalue weighted by Gasteiger charge is 2.31. The SMILES string of the molecule is CO[C@H]1C=CC=CC=CC[C@H](OC(=O)[C@H](C)NC(=O)C2CCCCC2)[C@@H](C)[C@@H](O)C(C)=CCCc2c(O)c(cc3c2SCC(=O)N3)NC(=O)C1. The van der Waals surface area contributed by atoms with Crippen LogP contribution in [0.1, 0.15) is 77.7 Å². The first kappa shape index (κ1) is 38.9. The standard InChI is InChI=1S/C38H51N3O8S/c1-23-14-13-18-28-35(45)29(21-30-36(28)50-22-33(43)41-30)40-32(42)20-27(48-4)17-11-6-5-7-12-19-31(24(2)34(23)44)49-38(47)25(3)39-37(46)26-15-9-8-10-16-26/h5-7,11-12,14,17,21,24-27,31,34,44-45H,8-10,13,15-16,18-20,22H2,1-4H3,(H,39,46)(H,40,42)(H,41,43)/t24-,25+,27+,31+,34+/m1/s1. The van der Waals surface area contributed by atoms with Crippen LogP contribution >= 0.6 is 11.8 Å². The van der Waals surface area contributed by atoms with E-state index in [-0.39, 0.29) is 47.3 Å². The van der Waals surface area contributed by atoms with Gasteiger partial charge in [-0.1, -0.05) is 68.7 Å². The average Bonchev–Trinajstić information content (AvgIpc) is 3.10. The van der Waals surface area contributed by atoms with Crippen LogP contribution < -0.4 is 16.0 Å². The van der Waals surface area contributed by atoms with E-state index in [9.17, 15) is 29.4 Å². The zero-order chi connectivity index (χ0) is 36.2. The Morgan fingerprint density at radius 3 is 2.50 bits per heavy atom. The van der Waals surface area contributed by atoms with Gasteiger partial charge in [-0.05, 0) is 51.2 Å². The van der Waals surface area contributed by atoms with E-state index in [0.29, 0.717) is 36.1 Å². The lowest BCUT2D eigenvalue weighted by molar-refractivity contribution is -0.156. The zero-order valence-corrected chi connectivity index (χ0v) is 30.2. The number of thioether (sulfide) groups is 1. The van der Waals surface area contributed by atoms with Gasteiger partial charge in [-0.15, -0.1) is 11.8 Å². The number of carbonyl (C=O) groups excluding carboxylic acids is 4. The lowest BCUT2D eigenvalue weighted by Crippen LogP contribution is -2.45. The third kappa shape index (κ3) is 10.8.